The lowest BCUT2D eigenvalue weighted by Gasteiger charge is -2.25. The maximum absolute atomic E-state index is 9.29. The Labute approximate surface area is 111 Å². The van der Waals surface area contributed by atoms with Crippen molar-refractivity contribution in [2.24, 2.45) is 11.8 Å². The van der Waals surface area contributed by atoms with Crippen LogP contribution in [-0.4, -0.2) is 24.8 Å². The highest BCUT2D eigenvalue weighted by atomic mass is 16.3. The first-order valence-electron chi connectivity index (χ1n) is 6.75. The number of hydrogen-bond donors (Lipinski definition) is 2. The lowest BCUT2D eigenvalue weighted by molar-refractivity contribution is 0.183. The summed E-state index contributed by atoms with van der Waals surface area (Å²) in [4.78, 5) is 0. The van der Waals surface area contributed by atoms with Crippen molar-refractivity contribution in [1.82, 2.24) is 5.32 Å². The van der Waals surface area contributed by atoms with Crippen molar-refractivity contribution in [3.63, 3.8) is 0 Å². The number of aliphatic hydroxyl groups excluding tert-OH is 1. The molecule has 1 rings (SSSR count). The summed E-state index contributed by atoms with van der Waals surface area (Å²) in [6.07, 6.45) is 0. The summed E-state index contributed by atoms with van der Waals surface area (Å²) in [6.45, 7) is 12.5. The number of nitrogens with one attached hydrogen (secondary N) is 1. The smallest absolute Gasteiger partial charge is 0.111 e. The Kier molecular flexibility index (Phi) is 5.42. The van der Waals surface area contributed by atoms with Crippen LogP contribution >= 0.6 is 0 Å². The molecule has 0 spiro atoms. The number of aryl methyl sites for hydroxylation is 1. The minimum atomic E-state index is -0.0226. The van der Waals surface area contributed by atoms with Crippen molar-refractivity contribution in [2.45, 2.75) is 40.0 Å². The SMILES string of the molecule is Cc1ccc(C(C)(C)CNCC(CO)C(C)C)o1. The van der Waals surface area contributed by atoms with Gasteiger partial charge < -0.3 is 14.8 Å². The number of furan rings is 1. The highest BCUT2D eigenvalue weighted by molar-refractivity contribution is 5.15. The summed E-state index contributed by atoms with van der Waals surface area (Å²) in [5, 5.41) is 12.7. The third kappa shape index (κ3) is 4.14. The van der Waals surface area contributed by atoms with E-state index in [-0.39, 0.29) is 12.0 Å². The van der Waals surface area contributed by atoms with Gasteiger partial charge in [-0.1, -0.05) is 27.7 Å². The van der Waals surface area contributed by atoms with Crippen LogP contribution in [0.25, 0.3) is 0 Å². The Balaban J connectivity index is 2.47. The molecule has 0 saturated heterocycles. The van der Waals surface area contributed by atoms with Crippen LogP contribution in [0, 0.1) is 18.8 Å². The van der Waals surface area contributed by atoms with Gasteiger partial charge in [0.15, 0.2) is 0 Å². The molecule has 1 unspecified atom stereocenters. The number of rotatable bonds is 7. The molecule has 0 aliphatic carbocycles. The average molecular weight is 253 g/mol. The van der Waals surface area contributed by atoms with E-state index < -0.39 is 0 Å². The van der Waals surface area contributed by atoms with Gasteiger partial charge in [0, 0.05) is 25.1 Å². The lowest BCUT2D eigenvalue weighted by atomic mass is 9.89. The zero-order valence-corrected chi connectivity index (χ0v) is 12.3. The molecule has 104 valence electrons. The predicted octanol–water partition coefficient (Wildman–Crippen LogP) is 2.72. The monoisotopic (exact) mass is 253 g/mol. The number of hydrogen-bond acceptors (Lipinski definition) is 3. The first-order valence-corrected chi connectivity index (χ1v) is 6.75. The van der Waals surface area contributed by atoms with Crippen molar-refractivity contribution < 1.29 is 9.52 Å². The molecule has 0 aliphatic heterocycles. The van der Waals surface area contributed by atoms with E-state index in [1.807, 2.05) is 19.1 Å². The maximum Gasteiger partial charge on any atom is 0.111 e. The van der Waals surface area contributed by atoms with Crippen molar-refractivity contribution >= 4 is 0 Å². The first-order chi connectivity index (χ1) is 8.36. The third-order valence-electron chi connectivity index (χ3n) is 3.56. The van der Waals surface area contributed by atoms with Crippen molar-refractivity contribution in [1.29, 1.82) is 0 Å². The molecule has 0 aliphatic rings. The van der Waals surface area contributed by atoms with Gasteiger partial charge in [-0.05, 0) is 30.9 Å². The highest BCUT2D eigenvalue weighted by Gasteiger charge is 2.24. The summed E-state index contributed by atoms with van der Waals surface area (Å²) in [6, 6.07) is 4.05. The Morgan fingerprint density at radius 3 is 2.44 bits per heavy atom. The van der Waals surface area contributed by atoms with Crippen LogP contribution in [0.4, 0.5) is 0 Å². The van der Waals surface area contributed by atoms with Gasteiger partial charge in [0.1, 0.15) is 11.5 Å². The van der Waals surface area contributed by atoms with Crippen LogP contribution in [0.5, 0.6) is 0 Å². The van der Waals surface area contributed by atoms with Gasteiger partial charge in [-0.2, -0.15) is 0 Å². The van der Waals surface area contributed by atoms with Gasteiger partial charge in [0.2, 0.25) is 0 Å². The second kappa shape index (κ2) is 6.39. The molecule has 0 bridgehead atoms. The van der Waals surface area contributed by atoms with E-state index in [1.54, 1.807) is 0 Å². The van der Waals surface area contributed by atoms with Crippen LogP contribution < -0.4 is 5.32 Å². The van der Waals surface area contributed by atoms with Crippen LogP contribution in [0.3, 0.4) is 0 Å². The molecule has 0 saturated carbocycles. The summed E-state index contributed by atoms with van der Waals surface area (Å²) < 4.78 is 5.69. The molecular formula is C15H27NO2. The van der Waals surface area contributed by atoms with E-state index in [0.29, 0.717) is 11.8 Å². The normalized spacial score (nSPS) is 14.2. The van der Waals surface area contributed by atoms with E-state index in [1.165, 1.54) is 0 Å². The first kappa shape index (κ1) is 15.3. The zero-order valence-electron chi connectivity index (χ0n) is 12.3. The third-order valence-corrected chi connectivity index (χ3v) is 3.56. The molecular weight excluding hydrogens is 226 g/mol. The van der Waals surface area contributed by atoms with Gasteiger partial charge in [-0.15, -0.1) is 0 Å². The molecule has 1 atom stereocenters. The molecule has 3 heteroatoms. The molecule has 1 aromatic heterocycles. The number of aliphatic hydroxyl groups is 1. The van der Waals surface area contributed by atoms with E-state index in [4.69, 9.17) is 4.42 Å². The second-order valence-corrected chi connectivity index (χ2v) is 6.11. The van der Waals surface area contributed by atoms with E-state index in [0.717, 1.165) is 24.6 Å². The molecule has 0 amide bonds. The Morgan fingerprint density at radius 2 is 2.00 bits per heavy atom. The van der Waals surface area contributed by atoms with E-state index in [2.05, 4.69) is 33.0 Å². The van der Waals surface area contributed by atoms with E-state index >= 15 is 0 Å². The molecule has 0 fully saturated rings. The van der Waals surface area contributed by atoms with Gasteiger partial charge in [0.05, 0.1) is 0 Å². The second-order valence-electron chi connectivity index (χ2n) is 6.11. The fourth-order valence-electron chi connectivity index (χ4n) is 1.97. The van der Waals surface area contributed by atoms with Gasteiger partial charge in [-0.3, -0.25) is 0 Å². The van der Waals surface area contributed by atoms with Gasteiger partial charge in [-0.25, -0.2) is 0 Å². The minimum Gasteiger partial charge on any atom is -0.466 e. The molecule has 0 radical (unpaired) electrons. The molecule has 1 aromatic rings. The van der Waals surface area contributed by atoms with Gasteiger partial charge in [0.25, 0.3) is 0 Å². The topological polar surface area (TPSA) is 45.4 Å². The Hall–Kier alpha value is -0.800. The van der Waals surface area contributed by atoms with Crippen LogP contribution in [0.15, 0.2) is 16.5 Å². The summed E-state index contributed by atoms with van der Waals surface area (Å²) in [5.41, 5.74) is -0.0226. The zero-order chi connectivity index (χ0) is 13.8. The Morgan fingerprint density at radius 1 is 1.33 bits per heavy atom. The maximum atomic E-state index is 9.29. The van der Waals surface area contributed by atoms with Crippen molar-refractivity contribution in [3.8, 4) is 0 Å². The molecule has 18 heavy (non-hydrogen) atoms. The molecule has 3 nitrogen and oxygen atoms in total. The van der Waals surface area contributed by atoms with Crippen LogP contribution in [0.2, 0.25) is 0 Å². The Bertz CT molecular complexity index is 355. The summed E-state index contributed by atoms with van der Waals surface area (Å²) in [7, 11) is 0. The van der Waals surface area contributed by atoms with Crippen molar-refractivity contribution in [2.75, 3.05) is 19.7 Å². The standard InChI is InChI=1S/C15H27NO2/c1-11(2)13(9-17)8-16-10-15(4,5)14-7-6-12(3)18-14/h6-7,11,13,16-17H,8-10H2,1-5H3. The fraction of sp³-hybridized carbons (Fsp3) is 0.733. The predicted molar refractivity (Wildman–Crippen MR) is 74.8 cm³/mol. The molecule has 1 heterocycles. The van der Waals surface area contributed by atoms with Crippen LogP contribution in [0.1, 0.15) is 39.2 Å². The van der Waals surface area contributed by atoms with Gasteiger partial charge >= 0.3 is 0 Å². The fourth-order valence-corrected chi connectivity index (χ4v) is 1.97. The average Bonchev–Trinajstić information content (AvgIpc) is 2.71. The van der Waals surface area contributed by atoms with Crippen LogP contribution in [-0.2, 0) is 5.41 Å². The molecule has 2 N–H and O–H groups in total. The molecule has 0 aromatic carbocycles. The van der Waals surface area contributed by atoms with Crippen molar-refractivity contribution in [3.05, 3.63) is 23.7 Å². The summed E-state index contributed by atoms with van der Waals surface area (Å²) in [5.74, 6) is 2.78. The van der Waals surface area contributed by atoms with E-state index in [9.17, 15) is 5.11 Å². The summed E-state index contributed by atoms with van der Waals surface area (Å²) >= 11 is 0. The highest BCUT2D eigenvalue weighted by Crippen LogP contribution is 2.24. The largest absolute Gasteiger partial charge is 0.466 e. The minimum absolute atomic E-state index is 0.0226. The lowest BCUT2D eigenvalue weighted by Crippen LogP contribution is -2.37. The quantitative estimate of drug-likeness (QED) is 0.785.